The lowest BCUT2D eigenvalue weighted by Gasteiger charge is -2.09. The zero-order valence-corrected chi connectivity index (χ0v) is 12.1. The molecule has 0 spiro atoms. The molecule has 0 atom stereocenters. The quantitative estimate of drug-likeness (QED) is 0.820. The SMILES string of the molecule is OCc1ccc(COc2cccc(CNC3CC3)c2)cc1. The third kappa shape index (κ3) is 4.31. The lowest BCUT2D eigenvalue weighted by atomic mass is 10.1. The first kappa shape index (κ1) is 14.1. The minimum absolute atomic E-state index is 0.0805. The fourth-order valence-corrected chi connectivity index (χ4v) is 2.20. The van der Waals surface area contributed by atoms with Crippen LogP contribution in [-0.2, 0) is 19.8 Å². The maximum atomic E-state index is 9.02. The van der Waals surface area contributed by atoms with Gasteiger partial charge in [-0.05, 0) is 41.7 Å². The number of aliphatic hydroxyl groups is 1. The summed E-state index contributed by atoms with van der Waals surface area (Å²) in [6.45, 7) is 1.54. The molecule has 0 bridgehead atoms. The summed E-state index contributed by atoms with van der Waals surface area (Å²) in [6, 6.07) is 16.8. The van der Waals surface area contributed by atoms with Crippen molar-refractivity contribution in [3.05, 3.63) is 65.2 Å². The predicted molar refractivity (Wildman–Crippen MR) is 83.0 cm³/mol. The fraction of sp³-hybridized carbons (Fsp3) is 0.333. The van der Waals surface area contributed by atoms with Gasteiger partial charge in [-0.25, -0.2) is 0 Å². The molecule has 0 saturated heterocycles. The molecule has 0 aliphatic heterocycles. The predicted octanol–water partition coefficient (Wildman–Crippen LogP) is 3.01. The second kappa shape index (κ2) is 6.74. The van der Waals surface area contributed by atoms with E-state index in [1.165, 1.54) is 18.4 Å². The van der Waals surface area contributed by atoms with Gasteiger partial charge in [-0.15, -0.1) is 0 Å². The lowest BCUT2D eigenvalue weighted by molar-refractivity contribution is 0.281. The van der Waals surface area contributed by atoms with Gasteiger partial charge in [-0.3, -0.25) is 0 Å². The molecule has 2 aromatic carbocycles. The van der Waals surface area contributed by atoms with Crippen LogP contribution >= 0.6 is 0 Å². The molecule has 3 nitrogen and oxygen atoms in total. The molecular formula is C18H21NO2. The van der Waals surface area contributed by atoms with Gasteiger partial charge in [-0.1, -0.05) is 36.4 Å². The highest BCUT2D eigenvalue weighted by atomic mass is 16.5. The number of ether oxygens (including phenoxy) is 1. The number of aliphatic hydroxyl groups excluding tert-OH is 1. The van der Waals surface area contributed by atoms with Crippen molar-refractivity contribution < 1.29 is 9.84 Å². The van der Waals surface area contributed by atoms with Crippen molar-refractivity contribution >= 4 is 0 Å². The summed E-state index contributed by atoms with van der Waals surface area (Å²) in [4.78, 5) is 0. The van der Waals surface area contributed by atoms with Crippen LogP contribution in [0, 0.1) is 0 Å². The minimum Gasteiger partial charge on any atom is -0.489 e. The monoisotopic (exact) mass is 283 g/mol. The highest BCUT2D eigenvalue weighted by molar-refractivity contribution is 5.29. The van der Waals surface area contributed by atoms with Crippen LogP contribution in [0.2, 0.25) is 0 Å². The van der Waals surface area contributed by atoms with Crippen LogP contribution in [0.5, 0.6) is 5.75 Å². The Bertz CT molecular complexity index is 576. The first-order valence-corrected chi connectivity index (χ1v) is 7.47. The molecule has 1 aliphatic carbocycles. The van der Waals surface area contributed by atoms with Crippen molar-refractivity contribution in [3.63, 3.8) is 0 Å². The third-order valence-electron chi connectivity index (χ3n) is 3.68. The van der Waals surface area contributed by atoms with E-state index in [1.54, 1.807) is 0 Å². The van der Waals surface area contributed by atoms with Gasteiger partial charge in [0, 0.05) is 12.6 Å². The molecule has 0 amide bonds. The van der Waals surface area contributed by atoms with E-state index in [9.17, 15) is 0 Å². The summed E-state index contributed by atoms with van der Waals surface area (Å²) in [7, 11) is 0. The van der Waals surface area contributed by atoms with Crippen LogP contribution in [0.25, 0.3) is 0 Å². The molecule has 21 heavy (non-hydrogen) atoms. The van der Waals surface area contributed by atoms with Gasteiger partial charge in [0.1, 0.15) is 12.4 Å². The van der Waals surface area contributed by atoms with E-state index < -0.39 is 0 Å². The van der Waals surface area contributed by atoms with E-state index in [0.717, 1.165) is 29.5 Å². The van der Waals surface area contributed by atoms with Gasteiger partial charge in [0.2, 0.25) is 0 Å². The lowest BCUT2D eigenvalue weighted by Crippen LogP contribution is -2.15. The summed E-state index contributed by atoms with van der Waals surface area (Å²) in [5.74, 6) is 0.899. The Labute approximate surface area is 125 Å². The number of hydrogen-bond acceptors (Lipinski definition) is 3. The van der Waals surface area contributed by atoms with Crippen LogP contribution in [0.15, 0.2) is 48.5 Å². The van der Waals surface area contributed by atoms with Crippen molar-refractivity contribution in [2.45, 2.75) is 38.6 Å². The number of hydrogen-bond donors (Lipinski definition) is 2. The van der Waals surface area contributed by atoms with E-state index in [-0.39, 0.29) is 6.61 Å². The smallest absolute Gasteiger partial charge is 0.120 e. The zero-order chi connectivity index (χ0) is 14.5. The van der Waals surface area contributed by atoms with E-state index in [4.69, 9.17) is 9.84 Å². The standard InChI is InChI=1S/C18H21NO2/c20-12-14-4-6-15(7-5-14)13-21-18-3-1-2-16(10-18)11-19-17-8-9-17/h1-7,10,17,19-20H,8-9,11-13H2. The second-order valence-electron chi connectivity index (χ2n) is 5.57. The van der Waals surface area contributed by atoms with Gasteiger partial charge < -0.3 is 15.2 Å². The summed E-state index contributed by atoms with van der Waals surface area (Å²) < 4.78 is 5.84. The Hall–Kier alpha value is -1.84. The Balaban J connectivity index is 1.54. The maximum absolute atomic E-state index is 9.02. The van der Waals surface area contributed by atoms with Crippen LogP contribution in [0.1, 0.15) is 29.5 Å². The number of nitrogens with one attached hydrogen (secondary N) is 1. The first-order valence-electron chi connectivity index (χ1n) is 7.47. The average molecular weight is 283 g/mol. The van der Waals surface area contributed by atoms with Crippen molar-refractivity contribution in [2.24, 2.45) is 0 Å². The molecule has 0 unspecified atom stereocenters. The van der Waals surface area contributed by atoms with Gasteiger partial charge in [0.15, 0.2) is 0 Å². The molecule has 0 aromatic heterocycles. The van der Waals surface area contributed by atoms with Gasteiger partial charge in [0.05, 0.1) is 6.61 Å². The van der Waals surface area contributed by atoms with Crippen LogP contribution in [0.4, 0.5) is 0 Å². The number of rotatable bonds is 7. The normalized spacial score (nSPS) is 14.1. The fourth-order valence-electron chi connectivity index (χ4n) is 2.20. The largest absolute Gasteiger partial charge is 0.489 e. The minimum atomic E-state index is 0.0805. The van der Waals surface area contributed by atoms with E-state index in [0.29, 0.717) is 6.61 Å². The molecule has 0 heterocycles. The molecule has 1 saturated carbocycles. The topological polar surface area (TPSA) is 41.5 Å². The summed E-state index contributed by atoms with van der Waals surface area (Å²) >= 11 is 0. The molecule has 110 valence electrons. The highest BCUT2D eigenvalue weighted by Crippen LogP contribution is 2.20. The van der Waals surface area contributed by atoms with Crippen molar-refractivity contribution in [2.75, 3.05) is 0 Å². The molecule has 0 radical (unpaired) electrons. The third-order valence-corrected chi connectivity index (χ3v) is 3.68. The molecule has 2 aromatic rings. The Kier molecular flexibility index (Phi) is 4.53. The van der Waals surface area contributed by atoms with Crippen molar-refractivity contribution in [1.82, 2.24) is 5.32 Å². The zero-order valence-electron chi connectivity index (χ0n) is 12.1. The Morgan fingerprint density at radius 3 is 2.48 bits per heavy atom. The van der Waals surface area contributed by atoms with Crippen LogP contribution in [0.3, 0.4) is 0 Å². The van der Waals surface area contributed by atoms with Crippen molar-refractivity contribution in [1.29, 1.82) is 0 Å². The van der Waals surface area contributed by atoms with Crippen LogP contribution in [-0.4, -0.2) is 11.1 Å². The van der Waals surface area contributed by atoms with Crippen LogP contribution < -0.4 is 10.1 Å². The molecule has 1 fully saturated rings. The Morgan fingerprint density at radius 2 is 1.76 bits per heavy atom. The summed E-state index contributed by atoms with van der Waals surface area (Å²) in [6.07, 6.45) is 2.61. The average Bonchev–Trinajstić information content (AvgIpc) is 3.36. The second-order valence-corrected chi connectivity index (χ2v) is 5.57. The molecule has 1 aliphatic rings. The van der Waals surface area contributed by atoms with E-state index >= 15 is 0 Å². The first-order chi connectivity index (χ1) is 10.3. The molecule has 3 rings (SSSR count). The molecular weight excluding hydrogens is 262 g/mol. The molecule has 2 N–H and O–H groups in total. The number of benzene rings is 2. The highest BCUT2D eigenvalue weighted by Gasteiger charge is 2.19. The Morgan fingerprint density at radius 1 is 1.00 bits per heavy atom. The van der Waals surface area contributed by atoms with E-state index in [1.807, 2.05) is 36.4 Å². The maximum Gasteiger partial charge on any atom is 0.120 e. The summed E-state index contributed by atoms with van der Waals surface area (Å²) in [5.41, 5.74) is 3.29. The van der Waals surface area contributed by atoms with Crippen molar-refractivity contribution in [3.8, 4) is 5.75 Å². The van der Waals surface area contributed by atoms with Gasteiger partial charge >= 0.3 is 0 Å². The summed E-state index contributed by atoms with van der Waals surface area (Å²) in [5, 5.41) is 12.5. The van der Waals surface area contributed by atoms with E-state index in [2.05, 4.69) is 17.4 Å². The van der Waals surface area contributed by atoms with Gasteiger partial charge in [-0.2, -0.15) is 0 Å². The molecule has 3 heteroatoms. The van der Waals surface area contributed by atoms with Gasteiger partial charge in [0.25, 0.3) is 0 Å².